The van der Waals surface area contributed by atoms with E-state index >= 15 is 0 Å². The third-order valence-electron chi connectivity index (χ3n) is 2.56. The van der Waals surface area contributed by atoms with Crippen molar-refractivity contribution in [3.8, 4) is 0 Å². The lowest BCUT2D eigenvalue weighted by molar-refractivity contribution is 0.596. The predicted octanol–water partition coefficient (Wildman–Crippen LogP) is 1.33. The summed E-state index contributed by atoms with van der Waals surface area (Å²) in [7, 11) is -6.23. The molecule has 1 aromatic rings. The molecule has 0 amide bonds. The van der Waals surface area contributed by atoms with Crippen molar-refractivity contribution in [2.45, 2.75) is 24.8 Å². The number of hydrogen-bond acceptors (Lipinski definition) is 5. The molecule has 0 fully saturated rings. The van der Waals surface area contributed by atoms with Crippen LogP contribution < -0.4 is 5.32 Å². The van der Waals surface area contributed by atoms with Crippen LogP contribution >= 0.6 is 0 Å². The maximum Gasteiger partial charge on any atom is 0.178 e. The average molecular weight is 305 g/mol. The first-order chi connectivity index (χ1) is 8.64. The molecule has 0 aliphatic rings. The molecule has 0 aromatic heterocycles. The van der Waals surface area contributed by atoms with E-state index in [1.165, 1.54) is 18.4 Å². The van der Waals surface area contributed by atoms with Crippen molar-refractivity contribution in [1.29, 1.82) is 0 Å². The molecular formula is C12H19NO4S2. The van der Waals surface area contributed by atoms with Crippen LogP contribution in [-0.4, -0.2) is 40.6 Å². The second kappa shape index (κ2) is 5.92. The molecule has 5 nitrogen and oxygen atoms in total. The minimum atomic E-state index is -3.20. The summed E-state index contributed by atoms with van der Waals surface area (Å²) in [6.07, 6.45) is 1.18. The maximum atomic E-state index is 11.6. The summed E-state index contributed by atoms with van der Waals surface area (Å²) in [6.45, 7) is 3.35. The lowest BCUT2D eigenvalue weighted by Crippen LogP contribution is -2.24. The van der Waals surface area contributed by atoms with Crippen LogP contribution in [0.15, 0.2) is 29.2 Å². The van der Waals surface area contributed by atoms with E-state index in [2.05, 4.69) is 5.32 Å². The van der Waals surface area contributed by atoms with Gasteiger partial charge in [0.25, 0.3) is 0 Å². The van der Waals surface area contributed by atoms with Gasteiger partial charge in [-0.2, -0.15) is 0 Å². The summed E-state index contributed by atoms with van der Waals surface area (Å²) in [5, 5.41) is 3.02. The van der Waals surface area contributed by atoms with Crippen molar-refractivity contribution in [1.82, 2.24) is 0 Å². The molecule has 0 aliphatic carbocycles. The van der Waals surface area contributed by atoms with Crippen molar-refractivity contribution in [3.63, 3.8) is 0 Å². The quantitative estimate of drug-likeness (QED) is 0.857. The zero-order valence-corrected chi connectivity index (χ0v) is 12.9. The van der Waals surface area contributed by atoms with E-state index in [0.717, 1.165) is 0 Å². The van der Waals surface area contributed by atoms with E-state index in [9.17, 15) is 16.8 Å². The number of benzene rings is 1. The Bertz CT molecular complexity index is 618. The number of anilines is 1. The molecule has 0 aliphatic heterocycles. The fraction of sp³-hybridized carbons (Fsp3) is 0.500. The van der Waals surface area contributed by atoms with Gasteiger partial charge in [-0.1, -0.05) is 6.92 Å². The van der Waals surface area contributed by atoms with E-state index in [1.54, 1.807) is 26.0 Å². The SMILES string of the molecule is CCS(=O)(=O)c1ccc(NC(C)CS(C)(=O)=O)cc1. The van der Waals surface area contributed by atoms with Gasteiger partial charge in [-0.05, 0) is 31.2 Å². The van der Waals surface area contributed by atoms with Gasteiger partial charge in [0.05, 0.1) is 16.4 Å². The first-order valence-electron chi connectivity index (χ1n) is 5.91. The molecule has 0 heterocycles. The number of nitrogens with one attached hydrogen (secondary N) is 1. The van der Waals surface area contributed by atoms with Crippen LogP contribution in [0.3, 0.4) is 0 Å². The zero-order chi connectivity index (χ0) is 14.7. The lowest BCUT2D eigenvalue weighted by Gasteiger charge is -2.14. The van der Waals surface area contributed by atoms with Gasteiger partial charge in [-0.3, -0.25) is 0 Å². The van der Waals surface area contributed by atoms with Crippen molar-refractivity contribution in [2.24, 2.45) is 0 Å². The Labute approximate surface area is 114 Å². The highest BCUT2D eigenvalue weighted by Gasteiger charge is 2.12. The van der Waals surface area contributed by atoms with Gasteiger partial charge in [-0.15, -0.1) is 0 Å². The Morgan fingerprint density at radius 2 is 1.63 bits per heavy atom. The van der Waals surface area contributed by atoms with Crippen LogP contribution in [0.2, 0.25) is 0 Å². The third kappa shape index (κ3) is 5.20. The first-order valence-corrected chi connectivity index (χ1v) is 9.62. The minimum absolute atomic E-state index is 0.0298. The number of rotatable bonds is 6. The highest BCUT2D eigenvalue weighted by Crippen LogP contribution is 2.16. The van der Waals surface area contributed by atoms with Crippen molar-refractivity contribution in [2.75, 3.05) is 23.1 Å². The normalized spacial score (nSPS) is 14.1. The average Bonchev–Trinajstić information content (AvgIpc) is 2.27. The molecule has 1 rings (SSSR count). The molecule has 19 heavy (non-hydrogen) atoms. The van der Waals surface area contributed by atoms with Crippen molar-refractivity contribution in [3.05, 3.63) is 24.3 Å². The van der Waals surface area contributed by atoms with Crippen LogP contribution in [-0.2, 0) is 19.7 Å². The topological polar surface area (TPSA) is 80.3 Å². The fourth-order valence-corrected chi connectivity index (χ4v) is 3.58. The third-order valence-corrected chi connectivity index (χ3v) is 5.42. The summed E-state index contributed by atoms with van der Waals surface area (Å²) in [6, 6.07) is 6.09. The molecule has 1 atom stereocenters. The van der Waals surface area contributed by atoms with E-state index in [0.29, 0.717) is 5.69 Å². The Balaban J connectivity index is 2.78. The van der Waals surface area contributed by atoms with E-state index in [1.807, 2.05) is 0 Å². The molecule has 7 heteroatoms. The largest absolute Gasteiger partial charge is 0.382 e. The van der Waals surface area contributed by atoms with Crippen molar-refractivity contribution < 1.29 is 16.8 Å². The van der Waals surface area contributed by atoms with Gasteiger partial charge >= 0.3 is 0 Å². The Hall–Kier alpha value is -1.08. The molecule has 0 bridgehead atoms. The fourth-order valence-electron chi connectivity index (χ4n) is 1.71. The lowest BCUT2D eigenvalue weighted by atomic mass is 10.3. The van der Waals surface area contributed by atoms with Crippen LogP contribution in [0.25, 0.3) is 0 Å². The molecule has 1 unspecified atom stereocenters. The van der Waals surface area contributed by atoms with Crippen LogP contribution in [0.5, 0.6) is 0 Å². The maximum absolute atomic E-state index is 11.6. The molecule has 0 saturated heterocycles. The highest BCUT2D eigenvalue weighted by molar-refractivity contribution is 7.91. The summed E-state index contributed by atoms with van der Waals surface area (Å²) in [5.41, 5.74) is 0.700. The molecule has 1 N–H and O–H groups in total. The van der Waals surface area contributed by atoms with Gasteiger partial charge in [0.2, 0.25) is 0 Å². The highest BCUT2D eigenvalue weighted by atomic mass is 32.2. The Morgan fingerprint density at radius 3 is 2.05 bits per heavy atom. The van der Waals surface area contributed by atoms with E-state index < -0.39 is 19.7 Å². The van der Waals surface area contributed by atoms with Gasteiger partial charge < -0.3 is 5.32 Å². The summed E-state index contributed by atoms with van der Waals surface area (Å²) >= 11 is 0. The summed E-state index contributed by atoms with van der Waals surface area (Å²) in [5.74, 6) is 0.0896. The monoisotopic (exact) mass is 305 g/mol. The molecule has 0 spiro atoms. The second-order valence-electron chi connectivity index (χ2n) is 4.57. The Kier molecular flexibility index (Phi) is 4.98. The first kappa shape index (κ1) is 16.0. The number of hydrogen-bond donors (Lipinski definition) is 1. The summed E-state index contributed by atoms with van der Waals surface area (Å²) < 4.78 is 45.5. The molecule has 108 valence electrons. The molecule has 0 saturated carbocycles. The van der Waals surface area contributed by atoms with E-state index in [4.69, 9.17) is 0 Å². The van der Waals surface area contributed by atoms with Crippen molar-refractivity contribution >= 4 is 25.4 Å². The Morgan fingerprint density at radius 1 is 1.11 bits per heavy atom. The molecular weight excluding hydrogens is 286 g/mol. The van der Waals surface area contributed by atoms with E-state index in [-0.39, 0.29) is 22.4 Å². The van der Waals surface area contributed by atoms with Crippen LogP contribution in [0.1, 0.15) is 13.8 Å². The molecule has 1 aromatic carbocycles. The second-order valence-corrected chi connectivity index (χ2v) is 9.03. The van der Waals surface area contributed by atoms with Crippen LogP contribution in [0.4, 0.5) is 5.69 Å². The smallest absolute Gasteiger partial charge is 0.178 e. The van der Waals surface area contributed by atoms with Crippen LogP contribution in [0, 0.1) is 0 Å². The predicted molar refractivity (Wildman–Crippen MR) is 77.0 cm³/mol. The number of sulfone groups is 2. The minimum Gasteiger partial charge on any atom is -0.382 e. The van der Waals surface area contributed by atoms with Gasteiger partial charge in [0, 0.05) is 18.0 Å². The zero-order valence-electron chi connectivity index (χ0n) is 11.3. The van der Waals surface area contributed by atoms with Gasteiger partial charge in [0.15, 0.2) is 9.84 Å². The molecule has 0 radical (unpaired) electrons. The standard InChI is InChI=1S/C12H19NO4S2/c1-4-19(16,17)12-7-5-11(6-8-12)13-10(2)9-18(3,14)15/h5-8,10,13H,4,9H2,1-3H3. The van der Waals surface area contributed by atoms with Gasteiger partial charge in [-0.25, -0.2) is 16.8 Å². The summed E-state index contributed by atoms with van der Waals surface area (Å²) in [4.78, 5) is 0.274. The van der Waals surface area contributed by atoms with Gasteiger partial charge in [0.1, 0.15) is 9.84 Å².